The minimum atomic E-state index is 0.698. The van der Waals surface area contributed by atoms with E-state index >= 15 is 0 Å². The first-order valence-corrected chi connectivity index (χ1v) is 3.77. The van der Waals surface area contributed by atoms with Gasteiger partial charge in [0.1, 0.15) is 12.3 Å². The summed E-state index contributed by atoms with van der Waals surface area (Å²) >= 11 is 5.77. The highest BCUT2D eigenvalue weighted by Gasteiger charge is 2.01. The van der Waals surface area contributed by atoms with Gasteiger partial charge in [0.2, 0.25) is 0 Å². The molecule has 0 aromatic heterocycles. The predicted molar refractivity (Wildman–Crippen MR) is 44.6 cm³/mol. The van der Waals surface area contributed by atoms with Gasteiger partial charge in [0.25, 0.3) is 0 Å². The first-order valence-electron chi connectivity index (χ1n) is 3.39. The van der Waals surface area contributed by atoms with E-state index in [4.69, 9.17) is 16.3 Å². The molecule has 1 aromatic rings. The van der Waals surface area contributed by atoms with Crippen molar-refractivity contribution >= 4 is 11.6 Å². The number of rotatable bonds is 2. The molecule has 0 aliphatic rings. The van der Waals surface area contributed by atoms with Crippen LogP contribution >= 0.6 is 11.6 Å². The molecule has 1 aromatic carbocycles. The van der Waals surface area contributed by atoms with Gasteiger partial charge in [-0.25, -0.2) is 0 Å². The van der Waals surface area contributed by atoms with E-state index < -0.39 is 0 Å². The zero-order chi connectivity index (χ0) is 8.27. The number of methoxy groups -OCH3 is 1. The Kier molecular flexibility index (Phi) is 2.74. The van der Waals surface area contributed by atoms with Crippen molar-refractivity contribution in [3.8, 4) is 5.75 Å². The summed E-state index contributed by atoms with van der Waals surface area (Å²) in [6, 6.07) is 5.52. The molecule has 3 heteroatoms. The van der Waals surface area contributed by atoms with E-state index in [9.17, 15) is 0 Å². The van der Waals surface area contributed by atoms with Crippen molar-refractivity contribution in [3.63, 3.8) is 0 Å². The summed E-state index contributed by atoms with van der Waals surface area (Å²) in [6.45, 7) is 0.698. The number of benzene rings is 1. The molecule has 0 atom stereocenters. The molecule has 0 unspecified atom stereocenters. The van der Waals surface area contributed by atoms with E-state index in [1.54, 1.807) is 13.2 Å². The Bertz CT molecular complexity index is 250. The number of ether oxygens (including phenoxy) is 1. The van der Waals surface area contributed by atoms with Crippen molar-refractivity contribution in [3.05, 3.63) is 28.8 Å². The second-order valence-corrected chi connectivity index (χ2v) is 2.64. The molecule has 0 heterocycles. The first kappa shape index (κ1) is 8.37. The molecule has 0 amide bonds. The molecule has 3 N–H and O–H groups in total. The van der Waals surface area contributed by atoms with Gasteiger partial charge in [0.05, 0.1) is 7.11 Å². The fourth-order valence-corrected chi connectivity index (χ4v) is 1.14. The third kappa shape index (κ3) is 1.85. The zero-order valence-corrected chi connectivity index (χ0v) is 7.19. The average molecular weight is 173 g/mol. The second-order valence-electron chi connectivity index (χ2n) is 2.21. The quantitative estimate of drug-likeness (QED) is 0.713. The molecule has 0 saturated heterocycles. The number of hydrogen-bond donors (Lipinski definition) is 1. The van der Waals surface area contributed by atoms with Crippen LogP contribution in [0.4, 0.5) is 0 Å². The molecular weight excluding hydrogens is 162 g/mol. The van der Waals surface area contributed by atoms with Crippen LogP contribution in [0.25, 0.3) is 0 Å². The summed E-state index contributed by atoms with van der Waals surface area (Å²) in [5.41, 5.74) is 4.81. The van der Waals surface area contributed by atoms with E-state index in [0.29, 0.717) is 6.54 Å². The van der Waals surface area contributed by atoms with Crippen LogP contribution < -0.4 is 10.5 Å². The summed E-state index contributed by atoms with van der Waals surface area (Å²) in [4.78, 5) is 0. The highest BCUT2D eigenvalue weighted by Crippen LogP contribution is 2.21. The number of halogens is 1. The second kappa shape index (κ2) is 3.60. The zero-order valence-electron chi connectivity index (χ0n) is 6.43. The van der Waals surface area contributed by atoms with Crippen LogP contribution in [-0.2, 0) is 6.54 Å². The average Bonchev–Trinajstić information content (AvgIpc) is 2.04. The minimum absolute atomic E-state index is 0.698. The minimum Gasteiger partial charge on any atom is -0.496 e. The monoisotopic (exact) mass is 172 g/mol. The smallest absolute Gasteiger partial charge is 0.127 e. The Morgan fingerprint density at radius 3 is 2.82 bits per heavy atom. The third-order valence-corrected chi connectivity index (χ3v) is 1.75. The Morgan fingerprint density at radius 1 is 1.55 bits per heavy atom. The van der Waals surface area contributed by atoms with Gasteiger partial charge in [-0.2, -0.15) is 0 Å². The van der Waals surface area contributed by atoms with Crippen LogP contribution in [0.1, 0.15) is 5.56 Å². The van der Waals surface area contributed by atoms with Crippen molar-refractivity contribution in [1.29, 1.82) is 0 Å². The maximum Gasteiger partial charge on any atom is 0.127 e. The molecule has 0 aliphatic heterocycles. The molecule has 0 fully saturated rings. The Labute approximate surface area is 70.9 Å². The van der Waals surface area contributed by atoms with Crippen LogP contribution in [0.5, 0.6) is 5.75 Å². The summed E-state index contributed by atoms with van der Waals surface area (Å²) < 4.78 is 5.09. The van der Waals surface area contributed by atoms with Crippen molar-refractivity contribution in [1.82, 2.24) is 0 Å². The third-order valence-electron chi connectivity index (χ3n) is 1.51. The maximum absolute atomic E-state index is 5.77. The van der Waals surface area contributed by atoms with Gasteiger partial charge in [-0.15, -0.1) is 0 Å². The molecule has 11 heavy (non-hydrogen) atoms. The fourth-order valence-electron chi connectivity index (χ4n) is 0.943. The molecule has 2 nitrogen and oxygen atoms in total. The topological polar surface area (TPSA) is 36.9 Å². The first-order chi connectivity index (χ1) is 5.27. The lowest BCUT2D eigenvalue weighted by Gasteiger charge is -2.03. The standard InChI is InChI=1S/C8H10ClNO/c1-11-8-3-2-7(9)4-6(8)5-10/h2-4H,5,10H2,1H3/p+1. The van der Waals surface area contributed by atoms with Crippen molar-refractivity contribution in [2.24, 2.45) is 0 Å². The highest BCUT2D eigenvalue weighted by molar-refractivity contribution is 6.30. The summed E-state index contributed by atoms with van der Waals surface area (Å²) in [7, 11) is 1.64. The number of hydrogen-bond acceptors (Lipinski definition) is 1. The predicted octanol–water partition coefficient (Wildman–Crippen LogP) is 1.09. The molecular formula is C8H11ClNO+. The van der Waals surface area contributed by atoms with Gasteiger partial charge in [0.15, 0.2) is 0 Å². The van der Waals surface area contributed by atoms with Crippen LogP contribution in [0.15, 0.2) is 18.2 Å². The van der Waals surface area contributed by atoms with Crippen LogP contribution in [0.3, 0.4) is 0 Å². The molecule has 1 rings (SSSR count). The summed E-state index contributed by atoms with van der Waals surface area (Å²) in [5.74, 6) is 0.851. The van der Waals surface area contributed by atoms with E-state index in [2.05, 4.69) is 5.73 Å². The Balaban J connectivity index is 3.06. The maximum atomic E-state index is 5.77. The lowest BCUT2D eigenvalue weighted by molar-refractivity contribution is -0.386. The van der Waals surface area contributed by atoms with E-state index in [1.807, 2.05) is 12.1 Å². The molecule has 0 bridgehead atoms. The normalized spacial score (nSPS) is 9.73. The molecule has 0 spiro atoms. The largest absolute Gasteiger partial charge is 0.496 e. The molecule has 0 radical (unpaired) electrons. The molecule has 0 aliphatic carbocycles. The van der Waals surface area contributed by atoms with Gasteiger partial charge in [-0.1, -0.05) is 11.6 Å². The van der Waals surface area contributed by atoms with Gasteiger partial charge in [-0.3, -0.25) is 0 Å². The van der Waals surface area contributed by atoms with Gasteiger partial charge in [0, 0.05) is 10.6 Å². The van der Waals surface area contributed by atoms with Crippen molar-refractivity contribution < 1.29 is 10.5 Å². The van der Waals surface area contributed by atoms with E-state index in [1.165, 1.54) is 0 Å². The number of quaternary nitrogens is 1. The lowest BCUT2D eigenvalue weighted by Crippen LogP contribution is -2.47. The SMILES string of the molecule is COc1ccc(Cl)cc1C[NH3+]. The van der Waals surface area contributed by atoms with Gasteiger partial charge in [-0.05, 0) is 18.2 Å². The summed E-state index contributed by atoms with van der Waals surface area (Å²) in [6.07, 6.45) is 0. The summed E-state index contributed by atoms with van der Waals surface area (Å²) in [5, 5.41) is 0.726. The molecule has 0 saturated carbocycles. The lowest BCUT2D eigenvalue weighted by atomic mass is 10.2. The van der Waals surface area contributed by atoms with Crippen molar-refractivity contribution in [2.75, 3.05) is 7.11 Å². The van der Waals surface area contributed by atoms with E-state index in [0.717, 1.165) is 16.3 Å². The van der Waals surface area contributed by atoms with Crippen LogP contribution in [0, 0.1) is 0 Å². The Hall–Kier alpha value is -0.730. The molecule has 60 valence electrons. The van der Waals surface area contributed by atoms with E-state index in [-0.39, 0.29) is 0 Å². The fraction of sp³-hybridized carbons (Fsp3) is 0.250. The van der Waals surface area contributed by atoms with Crippen molar-refractivity contribution in [2.45, 2.75) is 6.54 Å². The van der Waals surface area contributed by atoms with Crippen LogP contribution in [0.2, 0.25) is 5.02 Å². The Morgan fingerprint density at radius 2 is 2.27 bits per heavy atom. The van der Waals surface area contributed by atoms with Crippen LogP contribution in [-0.4, -0.2) is 7.11 Å². The highest BCUT2D eigenvalue weighted by atomic mass is 35.5. The van der Waals surface area contributed by atoms with Gasteiger partial charge < -0.3 is 10.5 Å². The van der Waals surface area contributed by atoms with Gasteiger partial charge >= 0.3 is 0 Å².